The molecule has 1 N–H and O–H groups in total. The van der Waals surface area contributed by atoms with E-state index in [0.29, 0.717) is 6.04 Å². The van der Waals surface area contributed by atoms with Crippen LogP contribution in [0.2, 0.25) is 0 Å². The van der Waals surface area contributed by atoms with E-state index in [9.17, 15) is 4.79 Å². The molecular weight excluding hydrogens is 258 g/mol. The maximum absolute atomic E-state index is 12.3. The van der Waals surface area contributed by atoms with Gasteiger partial charge in [0.1, 0.15) is 0 Å². The highest BCUT2D eigenvalue weighted by atomic mass is 16.1. The molecule has 0 radical (unpaired) electrons. The van der Waals surface area contributed by atoms with Crippen LogP contribution in [0.25, 0.3) is 0 Å². The zero-order chi connectivity index (χ0) is 15.5. The molecule has 0 aliphatic rings. The third kappa shape index (κ3) is 6.79. The van der Waals surface area contributed by atoms with Crippen LogP contribution in [0.15, 0.2) is 30.3 Å². The first-order valence-electron chi connectivity index (χ1n) is 8.54. The molecule has 21 heavy (non-hydrogen) atoms. The van der Waals surface area contributed by atoms with Gasteiger partial charge in [0, 0.05) is 6.04 Å². The molecule has 0 saturated heterocycles. The molecule has 1 rings (SSSR count). The Labute approximate surface area is 130 Å². The predicted molar refractivity (Wildman–Crippen MR) is 90.5 cm³/mol. The fourth-order valence-electron chi connectivity index (χ4n) is 2.59. The molecule has 2 atom stereocenters. The van der Waals surface area contributed by atoms with Crippen molar-refractivity contribution in [3.63, 3.8) is 0 Å². The normalized spacial score (nSPS) is 13.7. The van der Waals surface area contributed by atoms with Crippen molar-refractivity contribution in [3.8, 4) is 0 Å². The number of hydrogen-bond acceptors (Lipinski definition) is 1. The zero-order valence-corrected chi connectivity index (χ0v) is 13.9. The van der Waals surface area contributed by atoms with Gasteiger partial charge in [-0.1, -0.05) is 76.3 Å². The Bertz CT molecular complexity index is 388. The average Bonchev–Trinajstić information content (AvgIpc) is 2.53. The Morgan fingerprint density at radius 1 is 1.05 bits per heavy atom. The van der Waals surface area contributed by atoms with E-state index >= 15 is 0 Å². The highest BCUT2D eigenvalue weighted by molar-refractivity contribution is 5.83. The van der Waals surface area contributed by atoms with Gasteiger partial charge in [-0.05, 0) is 25.3 Å². The van der Waals surface area contributed by atoms with E-state index in [2.05, 4.69) is 19.2 Å². The molecule has 0 aromatic heterocycles. The Balaban J connectivity index is 2.36. The number of nitrogens with one attached hydrogen (secondary N) is 1. The monoisotopic (exact) mass is 289 g/mol. The molecule has 118 valence electrons. The van der Waals surface area contributed by atoms with E-state index in [0.717, 1.165) is 18.4 Å². The van der Waals surface area contributed by atoms with Gasteiger partial charge in [-0.3, -0.25) is 4.79 Å². The van der Waals surface area contributed by atoms with E-state index in [-0.39, 0.29) is 11.8 Å². The van der Waals surface area contributed by atoms with E-state index in [1.807, 2.05) is 37.3 Å². The molecular formula is C19H31NO. The highest BCUT2D eigenvalue weighted by Gasteiger charge is 2.17. The van der Waals surface area contributed by atoms with Crippen LogP contribution in [0.4, 0.5) is 0 Å². The summed E-state index contributed by atoms with van der Waals surface area (Å²) in [5.74, 6) is 0.0851. The Morgan fingerprint density at radius 3 is 2.33 bits per heavy atom. The third-order valence-electron chi connectivity index (χ3n) is 4.19. The molecule has 0 spiro atoms. The summed E-state index contributed by atoms with van der Waals surface area (Å²) >= 11 is 0. The van der Waals surface area contributed by atoms with Crippen molar-refractivity contribution < 1.29 is 4.79 Å². The minimum atomic E-state index is -0.0691. The summed E-state index contributed by atoms with van der Waals surface area (Å²) in [6, 6.07) is 10.3. The number of carbonyl (C=O) groups is 1. The lowest BCUT2D eigenvalue weighted by molar-refractivity contribution is -0.123. The smallest absolute Gasteiger partial charge is 0.227 e. The van der Waals surface area contributed by atoms with Crippen molar-refractivity contribution in [1.82, 2.24) is 5.32 Å². The quantitative estimate of drug-likeness (QED) is 0.600. The van der Waals surface area contributed by atoms with Crippen molar-refractivity contribution in [1.29, 1.82) is 0 Å². The van der Waals surface area contributed by atoms with Crippen LogP contribution in [-0.2, 0) is 4.79 Å². The molecule has 1 aromatic carbocycles. The summed E-state index contributed by atoms with van der Waals surface area (Å²) in [4.78, 5) is 12.3. The molecule has 2 heteroatoms. The van der Waals surface area contributed by atoms with Gasteiger partial charge in [-0.2, -0.15) is 0 Å². The molecule has 0 aliphatic carbocycles. The van der Waals surface area contributed by atoms with Crippen LogP contribution in [-0.4, -0.2) is 11.9 Å². The van der Waals surface area contributed by atoms with E-state index in [1.54, 1.807) is 0 Å². The predicted octanol–water partition coefficient (Wildman–Crippen LogP) is 5.05. The Morgan fingerprint density at radius 2 is 1.71 bits per heavy atom. The molecule has 0 aliphatic heterocycles. The van der Waals surface area contributed by atoms with Crippen LogP contribution >= 0.6 is 0 Å². The first kappa shape index (κ1) is 17.7. The minimum Gasteiger partial charge on any atom is -0.353 e. The Hall–Kier alpha value is -1.31. The van der Waals surface area contributed by atoms with Gasteiger partial charge >= 0.3 is 0 Å². The summed E-state index contributed by atoms with van der Waals surface area (Å²) in [5.41, 5.74) is 1.09. The van der Waals surface area contributed by atoms with Gasteiger partial charge in [-0.25, -0.2) is 0 Å². The van der Waals surface area contributed by atoms with Gasteiger partial charge in [0.05, 0.1) is 5.92 Å². The second-order valence-electron chi connectivity index (χ2n) is 5.95. The number of unbranched alkanes of at least 4 members (excludes halogenated alkanes) is 4. The van der Waals surface area contributed by atoms with Crippen LogP contribution in [0.3, 0.4) is 0 Å². The van der Waals surface area contributed by atoms with Crippen LogP contribution in [0.1, 0.15) is 77.2 Å². The van der Waals surface area contributed by atoms with Gasteiger partial charge in [-0.15, -0.1) is 0 Å². The van der Waals surface area contributed by atoms with Crippen molar-refractivity contribution in [2.24, 2.45) is 0 Å². The summed E-state index contributed by atoms with van der Waals surface area (Å²) in [5, 5.41) is 3.22. The second kappa shape index (κ2) is 10.4. The summed E-state index contributed by atoms with van der Waals surface area (Å²) in [7, 11) is 0. The molecule has 0 bridgehead atoms. The van der Waals surface area contributed by atoms with Gasteiger partial charge in [0.25, 0.3) is 0 Å². The maximum Gasteiger partial charge on any atom is 0.227 e. The number of benzene rings is 1. The fourth-order valence-corrected chi connectivity index (χ4v) is 2.59. The van der Waals surface area contributed by atoms with Crippen LogP contribution < -0.4 is 5.32 Å². The van der Waals surface area contributed by atoms with Gasteiger partial charge in [0.2, 0.25) is 5.91 Å². The standard InChI is InChI=1S/C19H31NO/c1-4-6-7-8-12-15-18(5-2)20-19(21)16(3)17-13-10-9-11-14-17/h9-11,13-14,16,18H,4-8,12,15H2,1-3H3,(H,20,21). The van der Waals surface area contributed by atoms with E-state index < -0.39 is 0 Å². The number of carbonyl (C=O) groups excluding carboxylic acids is 1. The summed E-state index contributed by atoms with van der Waals surface area (Å²) in [6.45, 7) is 6.38. The summed E-state index contributed by atoms with van der Waals surface area (Å²) < 4.78 is 0. The van der Waals surface area contributed by atoms with Gasteiger partial charge < -0.3 is 5.32 Å². The van der Waals surface area contributed by atoms with Gasteiger partial charge in [0.15, 0.2) is 0 Å². The largest absolute Gasteiger partial charge is 0.353 e. The fraction of sp³-hybridized carbons (Fsp3) is 0.632. The maximum atomic E-state index is 12.3. The van der Waals surface area contributed by atoms with Crippen LogP contribution in [0.5, 0.6) is 0 Å². The summed E-state index contributed by atoms with van der Waals surface area (Å²) in [6.07, 6.45) is 8.56. The molecule has 2 nitrogen and oxygen atoms in total. The van der Waals surface area contributed by atoms with E-state index in [1.165, 1.54) is 32.1 Å². The van der Waals surface area contributed by atoms with Crippen molar-refractivity contribution in [2.45, 2.75) is 77.7 Å². The molecule has 0 saturated carbocycles. The lowest BCUT2D eigenvalue weighted by Gasteiger charge is -2.20. The SMILES string of the molecule is CCCCCCCC(CC)NC(=O)C(C)c1ccccc1. The lowest BCUT2D eigenvalue weighted by Crippen LogP contribution is -2.37. The first-order valence-corrected chi connectivity index (χ1v) is 8.54. The topological polar surface area (TPSA) is 29.1 Å². The first-order chi connectivity index (χ1) is 10.2. The number of hydrogen-bond donors (Lipinski definition) is 1. The molecule has 1 amide bonds. The van der Waals surface area contributed by atoms with Crippen molar-refractivity contribution in [2.75, 3.05) is 0 Å². The number of amides is 1. The van der Waals surface area contributed by atoms with Crippen molar-refractivity contribution >= 4 is 5.91 Å². The molecule has 0 heterocycles. The number of rotatable bonds is 10. The van der Waals surface area contributed by atoms with Crippen molar-refractivity contribution in [3.05, 3.63) is 35.9 Å². The van der Waals surface area contributed by atoms with E-state index in [4.69, 9.17) is 0 Å². The average molecular weight is 289 g/mol. The second-order valence-corrected chi connectivity index (χ2v) is 5.95. The third-order valence-corrected chi connectivity index (χ3v) is 4.19. The molecule has 2 unspecified atom stereocenters. The zero-order valence-electron chi connectivity index (χ0n) is 13.9. The molecule has 1 aromatic rings. The van der Waals surface area contributed by atoms with Crippen LogP contribution in [0, 0.1) is 0 Å². The lowest BCUT2D eigenvalue weighted by atomic mass is 9.99. The molecule has 0 fully saturated rings. The minimum absolute atomic E-state index is 0.0691. The highest BCUT2D eigenvalue weighted by Crippen LogP contribution is 2.16. The Kier molecular flexibility index (Phi) is 8.80.